The van der Waals surface area contributed by atoms with Crippen LogP contribution in [-0.4, -0.2) is 9.97 Å². The van der Waals surface area contributed by atoms with Gasteiger partial charge in [0, 0.05) is 11.0 Å². The number of aromatic nitrogens is 2. The maximum Gasteiger partial charge on any atom is 0.187 e. The molecule has 148 valence electrons. The van der Waals surface area contributed by atoms with E-state index < -0.39 is 5.41 Å². The maximum absolute atomic E-state index is 9.20. The molecule has 0 saturated heterocycles. The van der Waals surface area contributed by atoms with Gasteiger partial charge >= 0.3 is 0 Å². The van der Waals surface area contributed by atoms with Gasteiger partial charge in [0.15, 0.2) is 5.69 Å². The number of pyridine rings is 2. The van der Waals surface area contributed by atoms with Crippen LogP contribution in [0.5, 0.6) is 0 Å². The summed E-state index contributed by atoms with van der Waals surface area (Å²) in [4.78, 5) is 13.3. The molecular formula is C27H20N4. The molecule has 0 N–H and O–H groups in total. The molecule has 0 fully saturated rings. The van der Waals surface area contributed by atoms with E-state index in [-0.39, 0.29) is 0 Å². The fourth-order valence-corrected chi connectivity index (χ4v) is 3.50. The molecule has 4 aromatic rings. The van der Waals surface area contributed by atoms with Gasteiger partial charge in [-0.1, -0.05) is 42.5 Å². The van der Waals surface area contributed by atoms with E-state index >= 15 is 0 Å². The molecule has 2 aromatic carbocycles. The van der Waals surface area contributed by atoms with Crippen LogP contribution < -0.4 is 0 Å². The molecule has 4 nitrogen and oxygen atoms in total. The third kappa shape index (κ3) is 4.06. The SMILES string of the molecule is [C-]#[N+]c1cccc(-c2cccc(C(C)(C)c3cccc(-c4cccc(C#N)c4)n3)n2)c1. The van der Waals surface area contributed by atoms with Crippen LogP contribution >= 0.6 is 0 Å². The predicted octanol–water partition coefficient (Wildman–Crippen LogP) is 6.56. The standard InChI is InChI=1S/C27H20N4/c1-27(2,25-14-6-12-23(30-25)20-9-4-8-19(16-20)18-28)26-15-7-13-24(31-26)21-10-5-11-22(17-21)29-3/h4-17H,1-2H3. The van der Waals surface area contributed by atoms with Crippen molar-refractivity contribution in [1.29, 1.82) is 5.26 Å². The summed E-state index contributed by atoms with van der Waals surface area (Å²) in [6.45, 7) is 11.5. The highest BCUT2D eigenvalue weighted by molar-refractivity contribution is 5.66. The first kappa shape index (κ1) is 20.0. The Balaban J connectivity index is 1.74. The molecule has 4 heteroatoms. The highest BCUT2D eigenvalue weighted by Crippen LogP contribution is 2.32. The minimum absolute atomic E-state index is 0.434. The van der Waals surface area contributed by atoms with Crippen molar-refractivity contribution >= 4 is 5.69 Å². The van der Waals surface area contributed by atoms with Gasteiger partial charge in [-0.25, -0.2) is 4.85 Å². The molecule has 0 unspecified atom stereocenters. The van der Waals surface area contributed by atoms with E-state index in [0.717, 1.165) is 33.9 Å². The second-order valence-electron chi connectivity index (χ2n) is 7.80. The lowest BCUT2D eigenvalue weighted by Gasteiger charge is -2.25. The molecule has 0 bridgehead atoms. The molecule has 0 spiro atoms. The summed E-state index contributed by atoms with van der Waals surface area (Å²) in [5, 5.41) is 9.20. The summed E-state index contributed by atoms with van der Waals surface area (Å²) in [5.41, 5.74) is 6.04. The lowest BCUT2D eigenvalue weighted by molar-refractivity contribution is 0.597. The van der Waals surface area contributed by atoms with E-state index in [1.165, 1.54) is 0 Å². The number of hydrogen-bond acceptors (Lipinski definition) is 3. The summed E-state index contributed by atoms with van der Waals surface area (Å²) in [6, 6.07) is 29.0. The van der Waals surface area contributed by atoms with E-state index in [4.69, 9.17) is 16.5 Å². The molecular weight excluding hydrogens is 380 g/mol. The summed E-state index contributed by atoms with van der Waals surface area (Å²) >= 11 is 0. The Morgan fingerprint density at radius 1 is 0.774 bits per heavy atom. The normalized spacial score (nSPS) is 10.8. The van der Waals surface area contributed by atoms with E-state index in [0.29, 0.717) is 11.3 Å². The van der Waals surface area contributed by atoms with Gasteiger partial charge in [0.1, 0.15) is 0 Å². The quantitative estimate of drug-likeness (QED) is 0.365. The van der Waals surface area contributed by atoms with Crippen LogP contribution in [0.1, 0.15) is 30.8 Å². The number of benzene rings is 2. The minimum atomic E-state index is -0.434. The predicted molar refractivity (Wildman–Crippen MR) is 122 cm³/mol. The third-order valence-corrected chi connectivity index (χ3v) is 5.34. The summed E-state index contributed by atoms with van der Waals surface area (Å²) in [6.07, 6.45) is 0. The van der Waals surface area contributed by atoms with Crippen LogP contribution in [0.15, 0.2) is 84.9 Å². The molecule has 0 amide bonds. The summed E-state index contributed by atoms with van der Waals surface area (Å²) in [7, 11) is 0. The van der Waals surface area contributed by atoms with Crippen molar-refractivity contribution in [2.45, 2.75) is 19.3 Å². The number of hydrogen-bond donors (Lipinski definition) is 0. The van der Waals surface area contributed by atoms with Crippen molar-refractivity contribution in [3.05, 3.63) is 113 Å². The van der Waals surface area contributed by atoms with Crippen LogP contribution in [0.4, 0.5) is 5.69 Å². The highest BCUT2D eigenvalue weighted by atomic mass is 14.8. The van der Waals surface area contributed by atoms with Crippen molar-refractivity contribution in [3.63, 3.8) is 0 Å². The Hall–Kier alpha value is -4.28. The zero-order valence-electron chi connectivity index (χ0n) is 17.4. The third-order valence-electron chi connectivity index (χ3n) is 5.34. The van der Waals surface area contributed by atoms with E-state index in [1.54, 1.807) is 12.1 Å². The van der Waals surface area contributed by atoms with Gasteiger partial charge in [0.2, 0.25) is 0 Å². The van der Waals surface area contributed by atoms with E-state index in [1.807, 2.05) is 72.8 Å². The molecule has 2 aromatic heterocycles. The fraction of sp³-hybridized carbons (Fsp3) is 0.111. The van der Waals surface area contributed by atoms with Gasteiger partial charge in [-0.05, 0) is 61.9 Å². The first-order chi connectivity index (χ1) is 15.0. The second-order valence-corrected chi connectivity index (χ2v) is 7.80. The van der Waals surface area contributed by atoms with Gasteiger partial charge in [-0.2, -0.15) is 5.26 Å². The molecule has 0 atom stereocenters. The van der Waals surface area contributed by atoms with E-state index in [9.17, 15) is 5.26 Å². The second kappa shape index (κ2) is 8.22. The average Bonchev–Trinajstić information content (AvgIpc) is 2.84. The Bertz CT molecular complexity index is 1240. The first-order valence-corrected chi connectivity index (χ1v) is 9.95. The van der Waals surface area contributed by atoms with Gasteiger partial charge in [-0.15, -0.1) is 0 Å². The van der Waals surface area contributed by atoms with Gasteiger partial charge in [0.25, 0.3) is 0 Å². The monoisotopic (exact) mass is 400 g/mol. The molecule has 4 rings (SSSR count). The van der Waals surface area contributed by atoms with Crippen molar-refractivity contribution in [3.8, 4) is 28.6 Å². The largest absolute Gasteiger partial charge is 0.252 e. The van der Waals surface area contributed by atoms with Crippen LogP contribution in [0.3, 0.4) is 0 Å². The lowest BCUT2D eigenvalue weighted by Crippen LogP contribution is -2.22. The lowest BCUT2D eigenvalue weighted by atomic mass is 9.84. The van der Waals surface area contributed by atoms with Crippen molar-refractivity contribution in [2.75, 3.05) is 0 Å². The van der Waals surface area contributed by atoms with Crippen LogP contribution in [0.2, 0.25) is 0 Å². The zero-order valence-corrected chi connectivity index (χ0v) is 17.4. The first-order valence-electron chi connectivity index (χ1n) is 9.95. The van der Waals surface area contributed by atoms with E-state index in [2.05, 4.69) is 24.8 Å². The van der Waals surface area contributed by atoms with Gasteiger partial charge in [-0.3, -0.25) is 9.97 Å². The van der Waals surface area contributed by atoms with Crippen molar-refractivity contribution < 1.29 is 0 Å². The van der Waals surface area contributed by atoms with Crippen LogP contribution in [0, 0.1) is 17.9 Å². The zero-order chi connectivity index (χ0) is 21.8. The summed E-state index contributed by atoms with van der Waals surface area (Å²) in [5.74, 6) is 0. The molecule has 0 aliphatic rings. The van der Waals surface area contributed by atoms with Gasteiger partial charge < -0.3 is 0 Å². The molecule has 31 heavy (non-hydrogen) atoms. The van der Waals surface area contributed by atoms with Crippen molar-refractivity contribution in [1.82, 2.24) is 9.97 Å². The number of nitriles is 1. The summed E-state index contributed by atoms with van der Waals surface area (Å²) < 4.78 is 0. The average molecular weight is 400 g/mol. The van der Waals surface area contributed by atoms with Crippen LogP contribution in [0.25, 0.3) is 27.4 Å². The Kier molecular flexibility index (Phi) is 5.31. The molecule has 0 radical (unpaired) electrons. The smallest absolute Gasteiger partial charge is 0.187 e. The Labute approximate surface area is 182 Å². The molecule has 0 saturated carbocycles. The molecule has 0 aliphatic heterocycles. The van der Waals surface area contributed by atoms with Crippen molar-refractivity contribution in [2.24, 2.45) is 0 Å². The molecule has 2 heterocycles. The highest BCUT2D eigenvalue weighted by Gasteiger charge is 2.27. The van der Waals surface area contributed by atoms with Crippen LogP contribution in [-0.2, 0) is 5.41 Å². The Morgan fingerprint density at radius 3 is 1.90 bits per heavy atom. The molecule has 0 aliphatic carbocycles. The van der Waals surface area contributed by atoms with Gasteiger partial charge in [0.05, 0.1) is 41.0 Å². The number of nitrogens with zero attached hydrogens (tertiary/aromatic N) is 4. The minimum Gasteiger partial charge on any atom is -0.252 e. The topological polar surface area (TPSA) is 53.9 Å². The fourth-order valence-electron chi connectivity index (χ4n) is 3.50. The Morgan fingerprint density at radius 2 is 1.32 bits per heavy atom. The number of rotatable bonds is 4. The maximum atomic E-state index is 9.20.